The molecule has 0 bridgehead atoms. The molecule has 0 saturated heterocycles. The average Bonchev–Trinajstić information content (AvgIpc) is 2.53. The Labute approximate surface area is 131 Å². The van der Waals surface area contributed by atoms with E-state index >= 15 is 0 Å². The first-order valence-corrected chi connectivity index (χ1v) is 7.25. The average molecular weight is 300 g/mol. The minimum absolute atomic E-state index is 0.431. The summed E-state index contributed by atoms with van der Waals surface area (Å²) >= 11 is 5.02. The van der Waals surface area contributed by atoms with Gasteiger partial charge in [0.2, 0.25) is 0 Å². The van der Waals surface area contributed by atoms with Crippen molar-refractivity contribution in [3.8, 4) is 5.75 Å². The van der Waals surface area contributed by atoms with Gasteiger partial charge < -0.3 is 15.4 Å². The van der Waals surface area contributed by atoms with Crippen molar-refractivity contribution in [3.05, 3.63) is 59.7 Å². The highest BCUT2D eigenvalue weighted by Gasteiger charge is 2.04. The monoisotopic (exact) mass is 300 g/mol. The lowest BCUT2D eigenvalue weighted by molar-refractivity contribution is 0.414. The molecule has 2 aromatic carbocycles. The van der Waals surface area contributed by atoms with E-state index in [0.29, 0.717) is 4.99 Å². The third-order valence-corrected chi connectivity index (χ3v) is 3.70. The minimum Gasteiger partial charge on any atom is -0.497 e. The fraction of sp³-hybridized carbons (Fsp3) is 0.235. The normalized spacial score (nSPS) is 10.2. The number of ether oxygens (including phenoxy) is 1. The van der Waals surface area contributed by atoms with E-state index in [2.05, 4.69) is 30.1 Å². The van der Waals surface area contributed by atoms with E-state index in [1.165, 1.54) is 5.56 Å². The van der Waals surface area contributed by atoms with E-state index in [-0.39, 0.29) is 0 Å². The van der Waals surface area contributed by atoms with Crippen molar-refractivity contribution in [1.29, 1.82) is 0 Å². The van der Waals surface area contributed by atoms with Crippen LogP contribution in [0.5, 0.6) is 5.75 Å². The molecule has 2 aromatic rings. The van der Waals surface area contributed by atoms with E-state index in [1.807, 2.05) is 30.3 Å². The third-order valence-electron chi connectivity index (χ3n) is 3.47. The molecular weight excluding hydrogens is 280 g/mol. The zero-order chi connectivity index (χ0) is 15.2. The number of rotatable bonds is 6. The second-order valence-electron chi connectivity index (χ2n) is 4.93. The van der Waals surface area contributed by atoms with Gasteiger partial charge >= 0.3 is 0 Å². The van der Waals surface area contributed by atoms with Crippen molar-refractivity contribution >= 4 is 22.9 Å². The van der Waals surface area contributed by atoms with Gasteiger partial charge in [-0.25, -0.2) is 0 Å². The fourth-order valence-corrected chi connectivity index (χ4v) is 2.24. The predicted molar refractivity (Wildman–Crippen MR) is 92.3 cm³/mol. The molecule has 0 fully saturated rings. The first kappa shape index (κ1) is 15.3. The van der Waals surface area contributed by atoms with Crippen molar-refractivity contribution in [1.82, 2.24) is 0 Å². The molecule has 0 aliphatic heterocycles. The SMILES string of the molecule is COc1ccc(CCN(C)c2cccc(C(N)=S)c2)cc1. The molecule has 0 heterocycles. The summed E-state index contributed by atoms with van der Waals surface area (Å²) in [6, 6.07) is 16.2. The number of hydrogen-bond acceptors (Lipinski definition) is 3. The molecule has 21 heavy (non-hydrogen) atoms. The molecule has 0 aromatic heterocycles. The number of nitrogens with two attached hydrogens (primary N) is 1. The minimum atomic E-state index is 0.431. The van der Waals surface area contributed by atoms with E-state index in [0.717, 1.165) is 30.0 Å². The highest BCUT2D eigenvalue weighted by Crippen LogP contribution is 2.16. The van der Waals surface area contributed by atoms with Gasteiger partial charge in [0, 0.05) is 24.8 Å². The van der Waals surface area contributed by atoms with E-state index in [9.17, 15) is 0 Å². The van der Waals surface area contributed by atoms with Crippen LogP contribution in [0.15, 0.2) is 48.5 Å². The van der Waals surface area contributed by atoms with Crippen LogP contribution in [-0.4, -0.2) is 25.7 Å². The van der Waals surface area contributed by atoms with Gasteiger partial charge in [-0.3, -0.25) is 0 Å². The van der Waals surface area contributed by atoms with E-state index in [4.69, 9.17) is 22.7 Å². The second-order valence-corrected chi connectivity index (χ2v) is 5.37. The standard InChI is InChI=1S/C17H20N2OS/c1-19(15-5-3-4-14(12-15)17(18)21)11-10-13-6-8-16(20-2)9-7-13/h3-9,12H,10-11H2,1-2H3,(H2,18,21). The van der Waals surface area contributed by atoms with Gasteiger partial charge in [0.05, 0.1) is 7.11 Å². The molecule has 0 aliphatic carbocycles. The topological polar surface area (TPSA) is 38.5 Å². The van der Waals surface area contributed by atoms with Crippen LogP contribution in [0.1, 0.15) is 11.1 Å². The Morgan fingerprint density at radius 2 is 1.90 bits per heavy atom. The Morgan fingerprint density at radius 3 is 2.52 bits per heavy atom. The molecule has 4 heteroatoms. The first-order chi connectivity index (χ1) is 10.1. The summed E-state index contributed by atoms with van der Waals surface area (Å²) in [7, 11) is 3.75. The van der Waals surface area contributed by atoms with Gasteiger partial charge in [-0.1, -0.05) is 36.5 Å². The van der Waals surface area contributed by atoms with Crippen LogP contribution in [0.2, 0.25) is 0 Å². The Hall–Kier alpha value is -2.07. The molecular formula is C17H20N2OS. The number of benzene rings is 2. The molecule has 2 rings (SSSR count). The lowest BCUT2D eigenvalue weighted by Crippen LogP contribution is -2.21. The summed E-state index contributed by atoms with van der Waals surface area (Å²) in [6.45, 7) is 0.924. The van der Waals surface area contributed by atoms with Crippen molar-refractivity contribution in [3.63, 3.8) is 0 Å². The molecule has 110 valence electrons. The number of nitrogens with zero attached hydrogens (tertiary/aromatic N) is 1. The number of methoxy groups -OCH3 is 1. The zero-order valence-electron chi connectivity index (χ0n) is 12.4. The number of hydrogen-bond donors (Lipinski definition) is 1. The quantitative estimate of drug-likeness (QED) is 0.832. The highest BCUT2D eigenvalue weighted by molar-refractivity contribution is 7.80. The van der Waals surface area contributed by atoms with Crippen LogP contribution in [-0.2, 0) is 6.42 Å². The lowest BCUT2D eigenvalue weighted by atomic mass is 10.1. The van der Waals surface area contributed by atoms with Crippen molar-refractivity contribution in [2.24, 2.45) is 5.73 Å². The molecule has 0 radical (unpaired) electrons. The summed E-state index contributed by atoms with van der Waals surface area (Å²) in [5, 5.41) is 0. The summed E-state index contributed by atoms with van der Waals surface area (Å²) in [6.07, 6.45) is 0.970. The zero-order valence-corrected chi connectivity index (χ0v) is 13.2. The number of likely N-dealkylation sites (N-methyl/N-ethyl adjacent to an activating group) is 1. The molecule has 3 nitrogen and oxygen atoms in total. The van der Waals surface area contributed by atoms with Gasteiger partial charge in [0.25, 0.3) is 0 Å². The van der Waals surface area contributed by atoms with E-state index < -0.39 is 0 Å². The predicted octanol–water partition coefficient (Wildman–Crippen LogP) is 3.01. The summed E-state index contributed by atoms with van der Waals surface area (Å²) < 4.78 is 5.17. The maximum atomic E-state index is 5.68. The highest BCUT2D eigenvalue weighted by atomic mass is 32.1. The summed E-state index contributed by atoms with van der Waals surface area (Å²) in [4.78, 5) is 2.63. The molecule has 2 N–H and O–H groups in total. The van der Waals surface area contributed by atoms with Crippen molar-refractivity contribution in [2.45, 2.75) is 6.42 Å². The number of thiocarbonyl (C=S) groups is 1. The molecule has 0 spiro atoms. The van der Waals surface area contributed by atoms with Crippen LogP contribution in [0.3, 0.4) is 0 Å². The second kappa shape index (κ2) is 7.09. The van der Waals surface area contributed by atoms with Crippen LogP contribution >= 0.6 is 12.2 Å². The van der Waals surface area contributed by atoms with Gasteiger partial charge in [-0.2, -0.15) is 0 Å². The molecule has 0 aliphatic rings. The third kappa shape index (κ3) is 4.20. The van der Waals surface area contributed by atoms with Crippen molar-refractivity contribution < 1.29 is 4.74 Å². The van der Waals surface area contributed by atoms with Crippen LogP contribution in [0, 0.1) is 0 Å². The van der Waals surface area contributed by atoms with Crippen molar-refractivity contribution in [2.75, 3.05) is 25.6 Å². The molecule has 0 unspecified atom stereocenters. The summed E-state index contributed by atoms with van der Waals surface area (Å²) in [5.74, 6) is 0.885. The first-order valence-electron chi connectivity index (χ1n) is 6.84. The Kier molecular flexibility index (Phi) is 5.17. The summed E-state index contributed by atoms with van der Waals surface area (Å²) in [5.41, 5.74) is 8.98. The molecule has 0 atom stereocenters. The van der Waals surface area contributed by atoms with Gasteiger partial charge in [0.15, 0.2) is 0 Å². The lowest BCUT2D eigenvalue weighted by Gasteiger charge is -2.20. The van der Waals surface area contributed by atoms with Gasteiger partial charge in [-0.05, 0) is 36.2 Å². The van der Waals surface area contributed by atoms with Crippen LogP contribution < -0.4 is 15.4 Å². The molecule has 0 saturated carbocycles. The number of anilines is 1. The van der Waals surface area contributed by atoms with Gasteiger partial charge in [-0.15, -0.1) is 0 Å². The molecule has 0 amide bonds. The van der Waals surface area contributed by atoms with E-state index in [1.54, 1.807) is 7.11 Å². The fourth-order valence-electron chi connectivity index (χ4n) is 2.11. The van der Waals surface area contributed by atoms with Gasteiger partial charge in [0.1, 0.15) is 10.7 Å². The maximum Gasteiger partial charge on any atom is 0.118 e. The Morgan fingerprint density at radius 1 is 1.19 bits per heavy atom. The van der Waals surface area contributed by atoms with Crippen LogP contribution in [0.4, 0.5) is 5.69 Å². The van der Waals surface area contributed by atoms with Crippen LogP contribution in [0.25, 0.3) is 0 Å². The Bertz CT molecular complexity index is 610. The smallest absolute Gasteiger partial charge is 0.118 e. The largest absolute Gasteiger partial charge is 0.497 e. The maximum absolute atomic E-state index is 5.68. The Balaban J connectivity index is 1.99.